The van der Waals surface area contributed by atoms with E-state index in [1.54, 1.807) is 12.2 Å². The number of methoxy groups -OCH3 is 1. The molecule has 1 saturated carbocycles. The van der Waals surface area contributed by atoms with E-state index in [0.717, 1.165) is 30.1 Å². The SMILES string of the molecule is COC(C=CC(=O)O)=CC(C)=CC1CCCC2(O)OC3C(=CC(=O)C4OC43)C12. The summed E-state index contributed by atoms with van der Waals surface area (Å²) >= 11 is 0. The summed E-state index contributed by atoms with van der Waals surface area (Å²) in [5.74, 6) is -2.25. The normalized spacial score (nSPS) is 39.9. The van der Waals surface area contributed by atoms with Crippen LogP contribution in [0.3, 0.4) is 0 Å². The lowest BCUT2D eigenvalue weighted by Crippen LogP contribution is -2.42. The van der Waals surface area contributed by atoms with Crippen LogP contribution in [0.4, 0.5) is 0 Å². The topological polar surface area (TPSA) is 106 Å². The molecule has 28 heavy (non-hydrogen) atoms. The van der Waals surface area contributed by atoms with Crippen LogP contribution in [0.1, 0.15) is 26.2 Å². The molecule has 150 valence electrons. The van der Waals surface area contributed by atoms with Gasteiger partial charge in [0.2, 0.25) is 0 Å². The Morgan fingerprint density at radius 3 is 2.86 bits per heavy atom. The van der Waals surface area contributed by atoms with E-state index in [1.807, 2.05) is 13.0 Å². The van der Waals surface area contributed by atoms with E-state index >= 15 is 0 Å². The molecule has 0 aromatic heterocycles. The second-order valence-corrected chi connectivity index (χ2v) is 7.82. The van der Waals surface area contributed by atoms with Crippen molar-refractivity contribution < 1.29 is 34.0 Å². The summed E-state index contributed by atoms with van der Waals surface area (Å²) in [5, 5.41) is 19.9. The van der Waals surface area contributed by atoms with Gasteiger partial charge in [0.15, 0.2) is 11.6 Å². The number of aliphatic carboxylic acids is 1. The smallest absolute Gasteiger partial charge is 0.328 e. The molecule has 2 saturated heterocycles. The lowest BCUT2D eigenvalue weighted by atomic mass is 9.70. The van der Waals surface area contributed by atoms with Crippen LogP contribution < -0.4 is 0 Å². The van der Waals surface area contributed by atoms with Gasteiger partial charge in [-0.25, -0.2) is 4.79 Å². The third kappa shape index (κ3) is 3.34. The third-order valence-corrected chi connectivity index (χ3v) is 5.89. The van der Waals surface area contributed by atoms with Gasteiger partial charge in [0.25, 0.3) is 0 Å². The van der Waals surface area contributed by atoms with Crippen molar-refractivity contribution in [3.8, 4) is 0 Å². The first-order valence-corrected chi connectivity index (χ1v) is 9.48. The minimum Gasteiger partial charge on any atom is -0.497 e. The zero-order valence-electron chi connectivity index (χ0n) is 15.8. The maximum Gasteiger partial charge on any atom is 0.328 e. The number of aliphatic hydroxyl groups is 1. The van der Waals surface area contributed by atoms with Crippen molar-refractivity contribution >= 4 is 11.8 Å². The minimum absolute atomic E-state index is 0.00379. The second kappa shape index (κ2) is 6.99. The number of hydrogen-bond acceptors (Lipinski definition) is 6. The summed E-state index contributed by atoms with van der Waals surface area (Å²) < 4.78 is 16.7. The average molecular weight is 388 g/mol. The summed E-state index contributed by atoms with van der Waals surface area (Å²) in [6.07, 6.45) is 8.97. The Morgan fingerprint density at radius 1 is 1.36 bits per heavy atom. The van der Waals surface area contributed by atoms with Gasteiger partial charge in [-0.15, -0.1) is 0 Å². The van der Waals surface area contributed by atoms with Gasteiger partial charge in [0.05, 0.1) is 7.11 Å². The van der Waals surface area contributed by atoms with E-state index in [4.69, 9.17) is 19.3 Å². The largest absolute Gasteiger partial charge is 0.497 e. The maximum absolute atomic E-state index is 12.2. The summed E-state index contributed by atoms with van der Waals surface area (Å²) in [6.45, 7) is 1.90. The molecule has 0 radical (unpaired) electrons. The Balaban J connectivity index is 1.61. The molecule has 0 spiro atoms. The molecule has 6 atom stereocenters. The molecule has 0 aromatic carbocycles. The lowest BCUT2D eigenvalue weighted by molar-refractivity contribution is -0.232. The van der Waals surface area contributed by atoms with Crippen LogP contribution in [0.25, 0.3) is 0 Å². The van der Waals surface area contributed by atoms with Crippen LogP contribution in [0.5, 0.6) is 0 Å². The summed E-state index contributed by atoms with van der Waals surface area (Å²) in [5.41, 5.74) is 1.72. The van der Waals surface area contributed by atoms with E-state index in [1.165, 1.54) is 13.2 Å². The van der Waals surface area contributed by atoms with Crippen LogP contribution in [0.15, 0.2) is 47.3 Å². The van der Waals surface area contributed by atoms with Crippen LogP contribution in [0.2, 0.25) is 0 Å². The van der Waals surface area contributed by atoms with Gasteiger partial charge in [-0.3, -0.25) is 4.79 Å². The van der Waals surface area contributed by atoms with Crippen LogP contribution >= 0.6 is 0 Å². The highest BCUT2D eigenvalue weighted by atomic mass is 16.7. The van der Waals surface area contributed by atoms with Gasteiger partial charge < -0.3 is 24.4 Å². The predicted octanol–water partition coefficient (Wildman–Crippen LogP) is 1.88. The molecule has 2 N–H and O–H groups in total. The summed E-state index contributed by atoms with van der Waals surface area (Å²) in [4.78, 5) is 22.9. The van der Waals surface area contributed by atoms with Gasteiger partial charge in [0.1, 0.15) is 24.1 Å². The molecule has 2 heterocycles. The number of carboxylic acid groups (broad SMARTS) is 1. The maximum atomic E-state index is 12.2. The van der Waals surface area contributed by atoms with E-state index < -0.39 is 17.9 Å². The first-order valence-electron chi connectivity index (χ1n) is 9.48. The average Bonchev–Trinajstić information content (AvgIpc) is 3.37. The Morgan fingerprint density at radius 2 is 2.14 bits per heavy atom. The number of rotatable bonds is 5. The first-order chi connectivity index (χ1) is 13.3. The number of ether oxygens (including phenoxy) is 3. The zero-order valence-corrected chi connectivity index (χ0v) is 15.8. The number of allylic oxidation sites excluding steroid dienone is 4. The molecule has 7 nitrogen and oxygen atoms in total. The quantitative estimate of drug-likeness (QED) is 0.321. The van der Waals surface area contributed by atoms with Crippen molar-refractivity contribution in [1.82, 2.24) is 0 Å². The van der Waals surface area contributed by atoms with E-state index in [0.29, 0.717) is 12.2 Å². The molecule has 4 rings (SSSR count). The van der Waals surface area contributed by atoms with Crippen molar-refractivity contribution in [2.75, 3.05) is 7.11 Å². The van der Waals surface area contributed by atoms with Crippen LogP contribution in [0, 0.1) is 11.8 Å². The Hall–Kier alpha value is -2.22. The Bertz CT molecular complexity index is 821. The van der Waals surface area contributed by atoms with Crippen LogP contribution in [-0.2, 0) is 23.8 Å². The molecule has 7 heteroatoms. The standard InChI is InChI=1S/C21H24O7/c1-11(9-13(26-2)5-6-16(23)24)8-12-4-3-7-21(25)17(12)14-10-15(22)19-20(27-19)18(14)28-21/h5-6,8-10,12,17-20,25H,3-4,7H2,1-2H3,(H,23,24). The van der Waals surface area contributed by atoms with Crippen LogP contribution in [-0.4, -0.2) is 53.2 Å². The van der Waals surface area contributed by atoms with Crippen molar-refractivity contribution in [3.63, 3.8) is 0 Å². The fourth-order valence-electron chi connectivity index (χ4n) is 4.73. The molecule has 0 amide bonds. The number of epoxide rings is 1. The van der Waals surface area contributed by atoms with Crippen molar-refractivity contribution in [2.45, 2.75) is 50.3 Å². The Kier molecular flexibility index (Phi) is 4.77. The molecule has 0 aromatic rings. The second-order valence-electron chi connectivity index (χ2n) is 7.82. The number of carbonyl (C=O) groups is 2. The van der Waals surface area contributed by atoms with Gasteiger partial charge in [-0.1, -0.05) is 11.6 Å². The molecule has 0 bridgehead atoms. The van der Waals surface area contributed by atoms with Crippen molar-refractivity contribution in [2.24, 2.45) is 11.8 Å². The highest BCUT2D eigenvalue weighted by molar-refractivity contribution is 5.98. The van der Waals surface area contributed by atoms with Gasteiger partial charge in [0, 0.05) is 18.4 Å². The number of hydrogen-bond donors (Lipinski definition) is 2. The minimum atomic E-state index is -1.28. The highest BCUT2D eigenvalue weighted by Crippen LogP contribution is 2.55. The van der Waals surface area contributed by atoms with Gasteiger partial charge >= 0.3 is 5.97 Å². The number of carboxylic acids is 1. The van der Waals surface area contributed by atoms with Crippen molar-refractivity contribution in [3.05, 3.63) is 47.3 Å². The molecular formula is C21H24O7. The monoisotopic (exact) mass is 388 g/mol. The fraction of sp³-hybridized carbons (Fsp3) is 0.524. The third-order valence-electron chi connectivity index (χ3n) is 5.89. The number of fused-ring (bicyclic) bond motifs is 5. The zero-order chi connectivity index (χ0) is 20.1. The van der Waals surface area contributed by atoms with Gasteiger partial charge in [-0.05, 0) is 49.5 Å². The molecule has 2 aliphatic carbocycles. The highest BCUT2D eigenvalue weighted by Gasteiger charge is 2.64. The molecule has 2 aliphatic heterocycles. The number of carbonyl (C=O) groups excluding carboxylic acids is 1. The summed E-state index contributed by atoms with van der Waals surface area (Å²) in [6, 6.07) is 0. The number of ketones is 1. The van der Waals surface area contributed by atoms with E-state index in [2.05, 4.69) is 0 Å². The Labute approximate surface area is 163 Å². The molecule has 3 fully saturated rings. The lowest BCUT2D eigenvalue weighted by Gasteiger charge is -2.38. The fourth-order valence-corrected chi connectivity index (χ4v) is 4.73. The predicted molar refractivity (Wildman–Crippen MR) is 98.0 cm³/mol. The molecule has 6 unspecified atom stereocenters. The molecule has 4 aliphatic rings. The van der Waals surface area contributed by atoms with Crippen molar-refractivity contribution in [1.29, 1.82) is 0 Å². The van der Waals surface area contributed by atoms with E-state index in [-0.39, 0.29) is 29.8 Å². The molecular weight excluding hydrogens is 364 g/mol. The van der Waals surface area contributed by atoms with Gasteiger partial charge in [-0.2, -0.15) is 0 Å². The first kappa shape index (κ1) is 19.1. The van der Waals surface area contributed by atoms with E-state index in [9.17, 15) is 14.7 Å². The summed E-state index contributed by atoms with van der Waals surface area (Å²) in [7, 11) is 1.48.